The van der Waals surface area contributed by atoms with Crippen LogP contribution in [0, 0.1) is 0 Å². The van der Waals surface area contributed by atoms with Gasteiger partial charge in [0.1, 0.15) is 0 Å². The van der Waals surface area contributed by atoms with Gasteiger partial charge in [0, 0.05) is 12.5 Å². The third kappa shape index (κ3) is 4.08. The molecule has 1 unspecified atom stereocenters. The lowest BCUT2D eigenvalue weighted by Gasteiger charge is -2.08. The molecule has 0 saturated heterocycles. The molecular formula is C12H17NO. The number of rotatable bonds is 0. The van der Waals surface area contributed by atoms with Gasteiger partial charge in [-0.15, -0.1) is 0 Å². The van der Waals surface area contributed by atoms with Crippen molar-refractivity contribution in [2.45, 2.75) is 32.2 Å². The first-order valence-electron chi connectivity index (χ1n) is 5.00. The number of carbonyl (C=O) groups is 1. The summed E-state index contributed by atoms with van der Waals surface area (Å²) < 4.78 is 0. The molecule has 0 fully saturated rings. The average molecular weight is 191 g/mol. The van der Waals surface area contributed by atoms with Gasteiger partial charge in [0.2, 0.25) is 5.91 Å². The molecule has 14 heavy (non-hydrogen) atoms. The first kappa shape index (κ1) is 10.8. The van der Waals surface area contributed by atoms with Crippen molar-refractivity contribution < 1.29 is 4.79 Å². The zero-order valence-electron chi connectivity index (χ0n) is 8.62. The van der Waals surface area contributed by atoms with E-state index in [9.17, 15) is 4.79 Å². The Bertz CT molecular complexity index is 276. The molecule has 1 aliphatic heterocycles. The molecule has 2 heteroatoms. The molecule has 0 aromatic carbocycles. The Kier molecular flexibility index (Phi) is 4.17. The Morgan fingerprint density at radius 1 is 1.43 bits per heavy atom. The van der Waals surface area contributed by atoms with Crippen LogP contribution >= 0.6 is 0 Å². The topological polar surface area (TPSA) is 29.1 Å². The minimum absolute atomic E-state index is 0.110. The predicted octanol–water partition coefficient (Wildman–Crippen LogP) is 2.34. The fraction of sp³-hybridized carbons (Fsp3) is 0.417. The zero-order valence-corrected chi connectivity index (χ0v) is 8.62. The maximum absolute atomic E-state index is 11.3. The quantitative estimate of drug-likeness (QED) is 0.625. The second-order valence-electron chi connectivity index (χ2n) is 3.61. The molecule has 0 aromatic heterocycles. The van der Waals surface area contributed by atoms with Gasteiger partial charge in [-0.1, -0.05) is 36.5 Å². The Morgan fingerprint density at radius 3 is 3.00 bits per heavy atom. The largest absolute Gasteiger partial charge is 0.350 e. The number of amides is 1. The maximum Gasteiger partial charge on any atom is 0.220 e. The van der Waals surface area contributed by atoms with Crippen molar-refractivity contribution in [3.63, 3.8) is 0 Å². The van der Waals surface area contributed by atoms with E-state index in [0.717, 1.165) is 18.4 Å². The molecule has 1 heterocycles. The van der Waals surface area contributed by atoms with Crippen LogP contribution in [0.4, 0.5) is 0 Å². The van der Waals surface area contributed by atoms with Crippen LogP contribution in [0.15, 0.2) is 36.5 Å². The summed E-state index contributed by atoms with van der Waals surface area (Å²) in [7, 11) is 0. The molecule has 0 radical (unpaired) electrons. The van der Waals surface area contributed by atoms with Crippen molar-refractivity contribution in [2.75, 3.05) is 0 Å². The van der Waals surface area contributed by atoms with Gasteiger partial charge < -0.3 is 5.32 Å². The fourth-order valence-corrected chi connectivity index (χ4v) is 1.36. The Labute approximate surface area is 85.4 Å². The van der Waals surface area contributed by atoms with Crippen molar-refractivity contribution in [3.05, 3.63) is 36.5 Å². The van der Waals surface area contributed by atoms with Crippen LogP contribution in [0.5, 0.6) is 0 Å². The molecule has 1 rings (SSSR count). The summed E-state index contributed by atoms with van der Waals surface area (Å²) >= 11 is 0. The van der Waals surface area contributed by atoms with Crippen LogP contribution in [-0.4, -0.2) is 11.9 Å². The van der Waals surface area contributed by atoms with Crippen LogP contribution in [0.2, 0.25) is 0 Å². The zero-order chi connectivity index (χ0) is 10.4. The van der Waals surface area contributed by atoms with E-state index in [1.54, 1.807) is 0 Å². The highest BCUT2D eigenvalue weighted by Gasteiger charge is 2.04. The summed E-state index contributed by atoms with van der Waals surface area (Å²) in [6.45, 7) is 5.88. The van der Waals surface area contributed by atoms with E-state index >= 15 is 0 Å². The molecule has 2 nitrogen and oxygen atoms in total. The lowest BCUT2D eigenvalue weighted by molar-refractivity contribution is -0.121. The highest BCUT2D eigenvalue weighted by atomic mass is 16.1. The molecular weight excluding hydrogens is 174 g/mol. The van der Waals surface area contributed by atoms with Crippen LogP contribution in [0.25, 0.3) is 0 Å². The third-order valence-corrected chi connectivity index (χ3v) is 2.13. The summed E-state index contributed by atoms with van der Waals surface area (Å²) in [6, 6.07) is 0.110. The summed E-state index contributed by atoms with van der Waals surface area (Å²) in [5, 5.41) is 2.90. The van der Waals surface area contributed by atoms with Crippen molar-refractivity contribution in [1.29, 1.82) is 0 Å². The van der Waals surface area contributed by atoms with Crippen LogP contribution in [0.1, 0.15) is 26.2 Å². The number of hydrogen-bond acceptors (Lipinski definition) is 1. The molecule has 1 atom stereocenters. The molecule has 76 valence electrons. The maximum atomic E-state index is 11.3. The molecule has 0 aliphatic carbocycles. The van der Waals surface area contributed by atoms with E-state index in [2.05, 4.69) is 11.9 Å². The fourth-order valence-electron chi connectivity index (χ4n) is 1.36. The summed E-state index contributed by atoms with van der Waals surface area (Å²) in [5.74, 6) is 0.122. The van der Waals surface area contributed by atoms with E-state index < -0.39 is 0 Å². The van der Waals surface area contributed by atoms with Crippen molar-refractivity contribution in [2.24, 2.45) is 0 Å². The van der Waals surface area contributed by atoms with Gasteiger partial charge in [-0.25, -0.2) is 0 Å². The number of carbonyl (C=O) groups excluding carboxylic acids is 1. The Balaban J connectivity index is 2.62. The van der Waals surface area contributed by atoms with Gasteiger partial charge >= 0.3 is 0 Å². The van der Waals surface area contributed by atoms with Gasteiger partial charge in [-0.05, 0) is 19.8 Å². The molecule has 0 saturated carbocycles. The van der Waals surface area contributed by atoms with E-state index in [-0.39, 0.29) is 11.9 Å². The molecule has 0 bridgehead atoms. The highest BCUT2D eigenvalue weighted by Crippen LogP contribution is 2.07. The van der Waals surface area contributed by atoms with E-state index in [1.807, 2.05) is 31.2 Å². The van der Waals surface area contributed by atoms with Crippen LogP contribution in [-0.2, 0) is 4.79 Å². The Hall–Kier alpha value is -1.31. The minimum atomic E-state index is 0.110. The van der Waals surface area contributed by atoms with E-state index in [4.69, 9.17) is 0 Å². The number of nitrogens with one attached hydrogen (secondary N) is 1. The van der Waals surface area contributed by atoms with Crippen molar-refractivity contribution >= 4 is 5.91 Å². The SMILES string of the molecule is C=C1/C=C\C=C/C(C)NC(=O)CCC1. The summed E-state index contributed by atoms with van der Waals surface area (Å²) in [4.78, 5) is 11.3. The second kappa shape index (κ2) is 5.43. The molecule has 0 aromatic rings. The first-order valence-corrected chi connectivity index (χ1v) is 5.00. The summed E-state index contributed by atoms with van der Waals surface area (Å²) in [5.41, 5.74) is 1.08. The molecule has 1 N–H and O–H groups in total. The van der Waals surface area contributed by atoms with Gasteiger partial charge in [-0.2, -0.15) is 0 Å². The molecule has 0 spiro atoms. The predicted molar refractivity (Wildman–Crippen MR) is 58.9 cm³/mol. The van der Waals surface area contributed by atoms with Gasteiger partial charge in [-0.3, -0.25) is 4.79 Å². The smallest absolute Gasteiger partial charge is 0.220 e. The van der Waals surface area contributed by atoms with E-state index in [0.29, 0.717) is 6.42 Å². The van der Waals surface area contributed by atoms with Gasteiger partial charge in [0.05, 0.1) is 0 Å². The lowest BCUT2D eigenvalue weighted by Crippen LogP contribution is -2.30. The van der Waals surface area contributed by atoms with Crippen LogP contribution < -0.4 is 5.32 Å². The normalized spacial score (nSPS) is 28.8. The second-order valence-corrected chi connectivity index (χ2v) is 3.61. The number of allylic oxidation sites excluding steroid dienone is 4. The molecule has 1 aliphatic rings. The van der Waals surface area contributed by atoms with Gasteiger partial charge in [0.15, 0.2) is 0 Å². The minimum Gasteiger partial charge on any atom is -0.350 e. The third-order valence-electron chi connectivity index (χ3n) is 2.13. The average Bonchev–Trinajstić information content (AvgIpc) is 2.13. The molecule has 1 amide bonds. The highest BCUT2D eigenvalue weighted by molar-refractivity contribution is 5.76. The van der Waals surface area contributed by atoms with Crippen molar-refractivity contribution in [3.8, 4) is 0 Å². The van der Waals surface area contributed by atoms with E-state index in [1.165, 1.54) is 0 Å². The van der Waals surface area contributed by atoms with Crippen molar-refractivity contribution in [1.82, 2.24) is 5.32 Å². The monoisotopic (exact) mass is 191 g/mol. The lowest BCUT2D eigenvalue weighted by atomic mass is 10.1. The van der Waals surface area contributed by atoms with Crippen LogP contribution in [0.3, 0.4) is 0 Å². The first-order chi connectivity index (χ1) is 6.68. The number of hydrogen-bond donors (Lipinski definition) is 1. The summed E-state index contributed by atoms with van der Waals surface area (Å²) in [6.07, 6.45) is 10.2. The Morgan fingerprint density at radius 2 is 2.21 bits per heavy atom. The standard InChI is InChI=1S/C12H17NO/c1-10-6-3-4-8-11(2)13-12(14)9-5-7-10/h3-4,6,8,11H,1,5,7,9H2,2H3,(H,13,14)/b6-3-,8-4-. The van der Waals surface area contributed by atoms with Gasteiger partial charge in [0.25, 0.3) is 0 Å².